The van der Waals surface area contributed by atoms with Crippen molar-refractivity contribution < 1.29 is 19.0 Å². The normalized spacial score (nSPS) is 10.5. The Morgan fingerprint density at radius 2 is 1.85 bits per heavy atom. The average Bonchev–Trinajstić information content (AvgIpc) is 2.70. The minimum Gasteiger partial charge on any atom is -0.493 e. The van der Waals surface area contributed by atoms with Gasteiger partial charge in [-0.3, -0.25) is 9.59 Å². The van der Waals surface area contributed by atoms with E-state index in [2.05, 4.69) is 5.10 Å². The van der Waals surface area contributed by atoms with Crippen molar-refractivity contribution >= 4 is 5.91 Å². The van der Waals surface area contributed by atoms with Crippen molar-refractivity contribution in [3.8, 4) is 11.5 Å². The molecule has 8 nitrogen and oxygen atoms in total. The van der Waals surface area contributed by atoms with Crippen LogP contribution in [0.4, 0.5) is 0 Å². The molecule has 0 saturated carbocycles. The van der Waals surface area contributed by atoms with E-state index in [0.717, 1.165) is 5.56 Å². The smallest absolute Gasteiger partial charge is 0.274 e. The van der Waals surface area contributed by atoms with Crippen LogP contribution in [0.2, 0.25) is 0 Å². The molecule has 0 fully saturated rings. The average molecular weight is 375 g/mol. The molecular weight excluding hydrogens is 350 g/mol. The van der Waals surface area contributed by atoms with E-state index in [-0.39, 0.29) is 23.7 Å². The molecule has 0 spiro atoms. The zero-order chi connectivity index (χ0) is 19.8. The van der Waals surface area contributed by atoms with Gasteiger partial charge in [-0.25, -0.2) is 4.68 Å². The highest BCUT2D eigenvalue weighted by molar-refractivity contribution is 5.92. The summed E-state index contributed by atoms with van der Waals surface area (Å²) in [6.07, 6.45) is 0. The Balaban J connectivity index is 2.22. The number of carbonyl (C=O) groups excluding carboxylic acids is 1. The van der Waals surface area contributed by atoms with Crippen LogP contribution in [0, 0.1) is 0 Å². The minimum absolute atomic E-state index is 0.216. The lowest BCUT2D eigenvalue weighted by molar-refractivity contribution is 0.0742. The topological polar surface area (TPSA) is 82.9 Å². The van der Waals surface area contributed by atoms with Gasteiger partial charge in [0, 0.05) is 26.3 Å². The van der Waals surface area contributed by atoms with Crippen LogP contribution >= 0.6 is 0 Å². The molecule has 0 aliphatic carbocycles. The maximum atomic E-state index is 12.9. The van der Waals surface area contributed by atoms with E-state index >= 15 is 0 Å². The fourth-order valence-electron chi connectivity index (χ4n) is 2.59. The van der Waals surface area contributed by atoms with Gasteiger partial charge in [0.15, 0.2) is 11.5 Å². The molecule has 0 saturated heterocycles. The third kappa shape index (κ3) is 5.07. The lowest BCUT2D eigenvalue weighted by atomic mass is 10.1. The number of hydrogen-bond donors (Lipinski definition) is 0. The van der Waals surface area contributed by atoms with Gasteiger partial charge < -0.3 is 19.1 Å². The number of benzene rings is 1. The fraction of sp³-hybridized carbons (Fsp3) is 0.421. The summed E-state index contributed by atoms with van der Waals surface area (Å²) in [5.41, 5.74) is 0.843. The van der Waals surface area contributed by atoms with Gasteiger partial charge in [-0.1, -0.05) is 6.07 Å². The third-order valence-electron chi connectivity index (χ3n) is 4.08. The van der Waals surface area contributed by atoms with Gasteiger partial charge in [0.1, 0.15) is 5.69 Å². The minimum atomic E-state index is -0.272. The van der Waals surface area contributed by atoms with Gasteiger partial charge in [-0.15, -0.1) is 0 Å². The molecule has 1 aromatic heterocycles. The second kappa shape index (κ2) is 9.72. The summed E-state index contributed by atoms with van der Waals surface area (Å²) in [6.45, 7) is 3.40. The standard InChI is InChI=1S/C19H25N3O5/c1-5-21(13-14-6-8-16(26-3)17(12-14)27-4)19(24)15-7-9-18(23)22(20-15)10-11-25-2/h6-9,12H,5,10-11,13H2,1-4H3. The number of carbonyl (C=O) groups is 1. The summed E-state index contributed by atoms with van der Waals surface area (Å²) in [5, 5.41) is 4.17. The molecule has 0 aliphatic rings. The Bertz CT molecular complexity index is 834. The van der Waals surface area contributed by atoms with Crippen molar-refractivity contribution in [2.24, 2.45) is 0 Å². The van der Waals surface area contributed by atoms with Crippen molar-refractivity contribution in [3.05, 3.63) is 51.9 Å². The first-order chi connectivity index (χ1) is 13.0. The summed E-state index contributed by atoms with van der Waals surface area (Å²) in [6, 6.07) is 8.31. The number of aromatic nitrogens is 2. The number of nitrogens with zero attached hydrogens (tertiary/aromatic N) is 3. The maximum Gasteiger partial charge on any atom is 0.274 e. The lowest BCUT2D eigenvalue weighted by Gasteiger charge is -2.21. The molecule has 8 heteroatoms. The summed E-state index contributed by atoms with van der Waals surface area (Å²) >= 11 is 0. The van der Waals surface area contributed by atoms with E-state index in [1.807, 2.05) is 19.1 Å². The Morgan fingerprint density at radius 3 is 2.48 bits per heavy atom. The van der Waals surface area contributed by atoms with E-state index < -0.39 is 0 Å². The number of hydrogen-bond acceptors (Lipinski definition) is 6. The first-order valence-corrected chi connectivity index (χ1v) is 8.61. The largest absolute Gasteiger partial charge is 0.493 e. The van der Waals surface area contributed by atoms with Crippen molar-refractivity contribution in [1.82, 2.24) is 14.7 Å². The van der Waals surface area contributed by atoms with Crippen LogP contribution in [0.1, 0.15) is 23.0 Å². The zero-order valence-corrected chi connectivity index (χ0v) is 16.1. The highest BCUT2D eigenvalue weighted by Gasteiger charge is 2.18. The van der Waals surface area contributed by atoms with Crippen LogP contribution in [0.5, 0.6) is 11.5 Å². The van der Waals surface area contributed by atoms with E-state index in [4.69, 9.17) is 14.2 Å². The van der Waals surface area contributed by atoms with Gasteiger partial charge in [0.05, 0.1) is 27.4 Å². The highest BCUT2D eigenvalue weighted by atomic mass is 16.5. The molecule has 0 N–H and O–H groups in total. The van der Waals surface area contributed by atoms with E-state index in [1.54, 1.807) is 32.3 Å². The summed E-state index contributed by atoms with van der Waals surface area (Å²) in [5.74, 6) is 0.978. The monoisotopic (exact) mass is 375 g/mol. The SMILES string of the molecule is CCN(Cc1ccc(OC)c(OC)c1)C(=O)c1ccc(=O)n(CCOC)n1. The van der Waals surface area contributed by atoms with Crippen molar-refractivity contribution in [2.45, 2.75) is 20.0 Å². The first-order valence-electron chi connectivity index (χ1n) is 8.61. The van der Waals surface area contributed by atoms with Crippen LogP contribution in [-0.4, -0.2) is 55.1 Å². The summed E-state index contributed by atoms with van der Waals surface area (Å²) < 4.78 is 16.8. The number of methoxy groups -OCH3 is 3. The van der Waals surface area contributed by atoms with E-state index in [9.17, 15) is 9.59 Å². The molecule has 1 aromatic carbocycles. The van der Waals surface area contributed by atoms with Crippen LogP contribution in [0.25, 0.3) is 0 Å². The van der Waals surface area contributed by atoms with Crippen LogP contribution in [0.3, 0.4) is 0 Å². The van der Waals surface area contributed by atoms with Gasteiger partial charge in [-0.05, 0) is 30.7 Å². The second-order valence-electron chi connectivity index (χ2n) is 5.78. The molecule has 0 aliphatic heterocycles. The molecule has 0 unspecified atom stereocenters. The Hall–Kier alpha value is -2.87. The molecule has 1 amide bonds. The second-order valence-corrected chi connectivity index (χ2v) is 5.78. The van der Waals surface area contributed by atoms with Crippen molar-refractivity contribution in [3.63, 3.8) is 0 Å². The molecule has 2 aromatic rings. The summed E-state index contributed by atoms with van der Waals surface area (Å²) in [7, 11) is 4.68. The zero-order valence-electron chi connectivity index (χ0n) is 16.1. The van der Waals surface area contributed by atoms with Crippen molar-refractivity contribution in [2.75, 3.05) is 34.5 Å². The summed E-state index contributed by atoms with van der Waals surface area (Å²) in [4.78, 5) is 26.4. The van der Waals surface area contributed by atoms with Gasteiger partial charge in [0.25, 0.3) is 11.5 Å². The Kier molecular flexibility index (Phi) is 7.36. The van der Waals surface area contributed by atoms with Gasteiger partial charge >= 0.3 is 0 Å². The molecule has 146 valence electrons. The predicted molar refractivity (Wildman–Crippen MR) is 100 cm³/mol. The number of ether oxygens (including phenoxy) is 3. The highest BCUT2D eigenvalue weighted by Crippen LogP contribution is 2.28. The Labute approximate surface area is 158 Å². The van der Waals surface area contributed by atoms with Gasteiger partial charge in [0.2, 0.25) is 0 Å². The molecule has 27 heavy (non-hydrogen) atoms. The molecular formula is C19H25N3O5. The maximum absolute atomic E-state index is 12.9. The van der Waals surface area contributed by atoms with E-state index in [1.165, 1.54) is 16.8 Å². The van der Waals surface area contributed by atoms with Gasteiger partial charge in [-0.2, -0.15) is 5.10 Å². The number of amides is 1. The van der Waals surface area contributed by atoms with Crippen LogP contribution in [-0.2, 0) is 17.8 Å². The number of rotatable bonds is 9. The molecule has 0 bridgehead atoms. The van der Waals surface area contributed by atoms with Crippen molar-refractivity contribution in [1.29, 1.82) is 0 Å². The fourth-order valence-corrected chi connectivity index (χ4v) is 2.59. The molecule has 0 radical (unpaired) electrons. The molecule has 2 rings (SSSR count). The van der Waals surface area contributed by atoms with E-state index in [0.29, 0.717) is 31.2 Å². The quantitative estimate of drug-likeness (QED) is 0.662. The van der Waals surface area contributed by atoms with Crippen LogP contribution < -0.4 is 15.0 Å². The third-order valence-corrected chi connectivity index (χ3v) is 4.08. The molecule has 0 atom stereocenters. The Morgan fingerprint density at radius 1 is 1.11 bits per heavy atom. The van der Waals surface area contributed by atoms with Crippen LogP contribution in [0.15, 0.2) is 35.1 Å². The molecule has 1 heterocycles. The lowest BCUT2D eigenvalue weighted by Crippen LogP contribution is -2.33. The predicted octanol–water partition coefficient (Wildman–Crippen LogP) is 1.57. The first kappa shape index (κ1) is 20.4.